The minimum Gasteiger partial charge on any atom is -0.314 e. The number of likely N-dealkylation sites (N-methyl/N-ethyl adjacent to an activating group) is 1. The molecule has 2 heterocycles. The molecule has 1 unspecified atom stereocenters. The Kier molecular flexibility index (Phi) is 3.96. The van der Waals surface area contributed by atoms with Crippen LogP contribution in [0.25, 0.3) is 0 Å². The average molecular weight is 279 g/mol. The molecule has 2 N–H and O–H groups in total. The molecule has 2 aromatic heterocycles. The summed E-state index contributed by atoms with van der Waals surface area (Å²) in [5.74, 6) is -0.109. The average Bonchev–Trinajstić information content (AvgIpc) is 2.87. The number of aromatic nitrogens is 3. The summed E-state index contributed by atoms with van der Waals surface area (Å²) in [4.78, 5) is 16.6. The van der Waals surface area contributed by atoms with Gasteiger partial charge in [0.15, 0.2) is 0 Å². The molecule has 0 radical (unpaired) electrons. The molecular formula is C12H17N5OS. The number of carbonyl (C=O) groups is 1. The molecule has 7 heteroatoms. The minimum atomic E-state index is -0.421. The van der Waals surface area contributed by atoms with E-state index in [2.05, 4.69) is 20.7 Å². The zero-order valence-electron chi connectivity index (χ0n) is 11.4. The van der Waals surface area contributed by atoms with E-state index in [1.807, 2.05) is 27.1 Å². The number of carbonyl (C=O) groups excluding carboxylic acids is 1. The molecule has 102 valence electrons. The van der Waals surface area contributed by atoms with Crippen molar-refractivity contribution in [2.75, 3.05) is 12.4 Å². The van der Waals surface area contributed by atoms with Gasteiger partial charge >= 0.3 is 0 Å². The summed E-state index contributed by atoms with van der Waals surface area (Å²) in [5, 5.41) is 11.7. The van der Waals surface area contributed by atoms with Gasteiger partial charge < -0.3 is 10.6 Å². The fourth-order valence-electron chi connectivity index (χ4n) is 1.87. The number of aryl methyl sites for hydroxylation is 3. The number of hydrogen-bond acceptors (Lipinski definition) is 5. The lowest BCUT2D eigenvalue weighted by molar-refractivity contribution is -0.118. The van der Waals surface area contributed by atoms with E-state index in [1.165, 1.54) is 11.3 Å². The molecule has 19 heavy (non-hydrogen) atoms. The third kappa shape index (κ3) is 2.99. The van der Waals surface area contributed by atoms with Gasteiger partial charge in [0.1, 0.15) is 11.0 Å². The molecule has 0 aliphatic heterocycles. The summed E-state index contributed by atoms with van der Waals surface area (Å²) < 4.78 is 1.68. The van der Waals surface area contributed by atoms with E-state index in [0.29, 0.717) is 0 Å². The monoisotopic (exact) mass is 279 g/mol. The SMILES string of the molecule is CNC(C(=O)Nc1sc(C)nc1C)c1cnn(C)c1. The van der Waals surface area contributed by atoms with Crippen LogP contribution in [0.2, 0.25) is 0 Å². The predicted molar refractivity (Wildman–Crippen MR) is 75.2 cm³/mol. The van der Waals surface area contributed by atoms with Gasteiger partial charge in [-0.15, -0.1) is 11.3 Å². The molecule has 0 saturated heterocycles. The van der Waals surface area contributed by atoms with Crippen molar-refractivity contribution in [3.05, 3.63) is 28.7 Å². The van der Waals surface area contributed by atoms with E-state index in [0.717, 1.165) is 21.3 Å². The van der Waals surface area contributed by atoms with Gasteiger partial charge in [-0.1, -0.05) is 0 Å². The number of rotatable bonds is 4. The number of nitrogens with zero attached hydrogens (tertiary/aromatic N) is 3. The van der Waals surface area contributed by atoms with E-state index < -0.39 is 6.04 Å². The van der Waals surface area contributed by atoms with Crippen LogP contribution >= 0.6 is 11.3 Å². The molecule has 0 fully saturated rings. The summed E-state index contributed by atoms with van der Waals surface area (Å²) >= 11 is 1.48. The Morgan fingerprint density at radius 3 is 2.68 bits per heavy atom. The van der Waals surface area contributed by atoms with Gasteiger partial charge in [-0.25, -0.2) is 4.98 Å². The number of amides is 1. The Bertz CT molecular complexity index is 589. The van der Waals surface area contributed by atoms with Crippen LogP contribution in [0.4, 0.5) is 5.00 Å². The van der Waals surface area contributed by atoms with Crippen molar-refractivity contribution in [2.24, 2.45) is 7.05 Å². The first-order chi connectivity index (χ1) is 9.01. The molecule has 0 aliphatic carbocycles. The van der Waals surface area contributed by atoms with Crippen molar-refractivity contribution in [1.29, 1.82) is 0 Å². The first-order valence-electron chi connectivity index (χ1n) is 5.92. The third-order valence-electron chi connectivity index (χ3n) is 2.75. The lowest BCUT2D eigenvalue weighted by Crippen LogP contribution is -2.30. The Morgan fingerprint density at radius 1 is 1.47 bits per heavy atom. The van der Waals surface area contributed by atoms with Gasteiger partial charge in [-0.3, -0.25) is 9.48 Å². The topological polar surface area (TPSA) is 71.8 Å². The molecule has 1 amide bonds. The van der Waals surface area contributed by atoms with Crippen LogP contribution in [0.5, 0.6) is 0 Å². The van der Waals surface area contributed by atoms with E-state index in [9.17, 15) is 4.79 Å². The first kappa shape index (κ1) is 13.7. The van der Waals surface area contributed by atoms with Gasteiger partial charge in [-0.05, 0) is 20.9 Å². The third-order valence-corrected chi connectivity index (χ3v) is 3.74. The van der Waals surface area contributed by atoms with Crippen LogP contribution in [-0.4, -0.2) is 27.7 Å². The minimum absolute atomic E-state index is 0.109. The molecule has 2 aromatic rings. The molecule has 0 spiro atoms. The molecule has 0 aliphatic rings. The van der Waals surface area contributed by atoms with Crippen LogP contribution in [0.1, 0.15) is 22.3 Å². The Morgan fingerprint density at radius 2 is 2.21 bits per heavy atom. The number of thiazole rings is 1. The van der Waals surface area contributed by atoms with Crippen molar-refractivity contribution in [3.8, 4) is 0 Å². The maximum absolute atomic E-state index is 12.3. The summed E-state index contributed by atoms with van der Waals surface area (Å²) in [6.07, 6.45) is 3.51. The Hall–Kier alpha value is -1.73. The standard InChI is InChI=1S/C12H17N5OS/c1-7-12(19-8(2)15-7)16-11(18)10(13-3)9-5-14-17(4)6-9/h5-6,10,13H,1-4H3,(H,16,18). The Balaban J connectivity index is 2.15. The Labute approximate surface area is 115 Å². The fourth-order valence-corrected chi connectivity index (χ4v) is 2.69. The summed E-state index contributed by atoms with van der Waals surface area (Å²) in [6, 6.07) is -0.421. The first-order valence-corrected chi connectivity index (χ1v) is 6.73. The van der Waals surface area contributed by atoms with Crippen molar-refractivity contribution in [2.45, 2.75) is 19.9 Å². The van der Waals surface area contributed by atoms with Crippen molar-refractivity contribution >= 4 is 22.2 Å². The quantitative estimate of drug-likeness (QED) is 0.887. The second-order valence-electron chi connectivity index (χ2n) is 4.31. The zero-order valence-corrected chi connectivity index (χ0v) is 12.2. The molecule has 0 aromatic carbocycles. The normalized spacial score (nSPS) is 12.4. The maximum Gasteiger partial charge on any atom is 0.246 e. The molecule has 1 atom stereocenters. The highest BCUT2D eigenvalue weighted by Crippen LogP contribution is 2.24. The van der Waals surface area contributed by atoms with Crippen LogP contribution < -0.4 is 10.6 Å². The lowest BCUT2D eigenvalue weighted by atomic mass is 10.1. The van der Waals surface area contributed by atoms with Crippen LogP contribution in [0, 0.1) is 13.8 Å². The number of anilines is 1. The second kappa shape index (κ2) is 5.50. The highest BCUT2D eigenvalue weighted by atomic mass is 32.1. The molecular weight excluding hydrogens is 262 g/mol. The fraction of sp³-hybridized carbons (Fsp3) is 0.417. The van der Waals surface area contributed by atoms with E-state index >= 15 is 0 Å². The van der Waals surface area contributed by atoms with Gasteiger partial charge in [-0.2, -0.15) is 5.10 Å². The smallest absolute Gasteiger partial charge is 0.246 e. The van der Waals surface area contributed by atoms with E-state index in [-0.39, 0.29) is 5.91 Å². The summed E-state index contributed by atoms with van der Waals surface area (Å²) in [7, 11) is 3.58. The number of hydrogen-bond donors (Lipinski definition) is 2. The van der Waals surface area contributed by atoms with E-state index in [1.54, 1.807) is 17.9 Å². The summed E-state index contributed by atoms with van der Waals surface area (Å²) in [6.45, 7) is 3.81. The lowest BCUT2D eigenvalue weighted by Gasteiger charge is -2.13. The van der Waals surface area contributed by atoms with Crippen LogP contribution in [0.3, 0.4) is 0 Å². The molecule has 2 rings (SSSR count). The van der Waals surface area contributed by atoms with Crippen LogP contribution in [0.15, 0.2) is 12.4 Å². The zero-order chi connectivity index (χ0) is 14.0. The molecule has 0 bridgehead atoms. The predicted octanol–water partition coefficient (Wildman–Crippen LogP) is 1.39. The second-order valence-corrected chi connectivity index (χ2v) is 5.51. The summed E-state index contributed by atoms with van der Waals surface area (Å²) in [5.41, 5.74) is 1.68. The van der Waals surface area contributed by atoms with Crippen molar-refractivity contribution in [3.63, 3.8) is 0 Å². The van der Waals surface area contributed by atoms with Gasteiger partial charge in [0, 0.05) is 18.8 Å². The van der Waals surface area contributed by atoms with E-state index in [4.69, 9.17) is 0 Å². The highest BCUT2D eigenvalue weighted by molar-refractivity contribution is 7.16. The largest absolute Gasteiger partial charge is 0.314 e. The number of nitrogens with one attached hydrogen (secondary N) is 2. The van der Waals surface area contributed by atoms with Gasteiger partial charge in [0.05, 0.1) is 16.9 Å². The highest BCUT2D eigenvalue weighted by Gasteiger charge is 2.21. The molecule has 6 nitrogen and oxygen atoms in total. The van der Waals surface area contributed by atoms with Gasteiger partial charge in [0.2, 0.25) is 5.91 Å². The van der Waals surface area contributed by atoms with Crippen LogP contribution in [-0.2, 0) is 11.8 Å². The van der Waals surface area contributed by atoms with Crippen molar-refractivity contribution < 1.29 is 4.79 Å². The van der Waals surface area contributed by atoms with Crippen molar-refractivity contribution in [1.82, 2.24) is 20.1 Å². The maximum atomic E-state index is 12.3. The van der Waals surface area contributed by atoms with Gasteiger partial charge in [0.25, 0.3) is 0 Å². The molecule has 0 saturated carbocycles.